The number of hydrogen-bond acceptors (Lipinski definition) is 1. The van der Waals surface area contributed by atoms with E-state index in [4.69, 9.17) is 23.2 Å². The molecule has 1 aromatic rings. The first-order valence-electron chi connectivity index (χ1n) is 5.45. The van der Waals surface area contributed by atoms with Gasteiger partial charge in [0, 0.05) is 33.5 Å². The van der Waals surface area contributed by atoms with Gasteiger partial charge in [-0.15, -0.1) is 0 Å². The van der Waals surface area contributed by atoms with Crippen molar-refractivity contribution in [3.63, 3.8) is 0 Å². The van der Waals surface area contributed by atoms with Crippen LogP contribution in [0.1, 0.15) is 23.2 Å². The molecule has 1 aromatic carbocycles. The third kappa shape index (κ3) is 2.95. The van der Waals surface area contributed by atoms with E-state index in [0.717, 1.165) is 24.7 Å². The van der Waals surface area contributed by atoms with Crippen LogP contribution in [-0.4, -0.2) is 28.7 Å². The van der Waals surface area contributed by atoms with Gasteiger partial charge in [-0.3, -0.25) is 4.79 Å². The average molecular weight is 337 g/mol. The molecule has 5 heteroatoms. The maximum Gasteiger partial charge on any atom is 0.254 e. The third-order valence-corrected chi connectivity index (χ3v) is 4.11. The fourth-order valence-corrected chi connectivity index (χ4v) is 3.31. The van der Waals surface area contributed by atoms with Crippen LogP contribution in [0.5, 0.6) is 0 Å². The summed E-state index contributed by atoms with van der Waals surface area (Å²) in [4.78, 5) is 14.2. The van der Waals surface area contributed by atoms with E-state index < -0.39 is 0 Å². The number of benzene rings is 1. The van der Waals surface area contributed by atoms with E-state index in [-0.39, 0.29) is 11.9 Å². The number of carbonyl (C=O) groups excluding carboxylic acids is 1. The summed E-state index contributed by atoms with van der Waals surface area (Å²) in [5.41, 5.74) is 0.565. The lowest BCUT2D eigenvalue weighted by Crippen LogP contribution is -2.36. The van der Waals surface area contributed by atoms with Gasteiger partial charge in [-0.05, 0) is 31.0 Å². The van der Waals surface area contributed by atoms with Crippen molar-refractivity contribution in [3.05, 3.63) is 33.8 Å². The molecule has 17 heavy (non-hydrogen) atoms. The van der Waals surface area contributed by atoms with Gasteiger partial charge in [0.15, 0.2) is 0 Å². The second-order valence-electron chi connectivity index (χ2n) is 4.11. The van der Waals surface area contributed by atoms with Crippen LogP contribution >= 0.6 is 39.1 Å². The summed E-state index contributed by atoms with van der Waals surface area (Å²) < 4.78 is 0. The molecule has 1 aliphatic rings. The van der Waals surface area contributed by atoms with E-state index in [2.05, 4.69) is 15.9 Å². The molecule has 2 nitrogen and oxygen atoms in total. The van der Waals surface area contributed by atoms with E-state index in [0.29, 0.717) is 15.6 Å². The summed E-state index contributed by atoms with van der Waals surface area (Å²) in [5, 5.41) is 1.80. The van der Waals surface area contributed by atoms with E-state index in [1.807, 2.05) is 4.90 Å². The van der Waals surface area contributed by atoms with E-state index in [9.17, 15) is 4.79 Å². The first-order valence-corrected chi connectivity index (χ1v) is 7.32. The second-order valence-corrected chi connectivity index (χ2v) is 5.63. The van der Waals surface area contributed by atoms with Gasteiger partial charge in [0.2, 0.25) is 0 Å². The maximum atomic E-state index is 12.3. The Morgan fingerprint density at radius 3 is 2.59 bits per heavy atom. The van der Waals surface area contributed by atoms with Gasteiger partial charge in [-0.25, -0.2) is 0 Å². The molecule has 0 aromatic heterocycles. The molecule has 1 heterocycles. The van der Waals surface area contributed by atoms with E-state index in [1.54, 1.807) is 18.2 Å². The molecule has 2 rings (SSSR count). The molecule has 1 fully saturated rings. The summed E-state index contributed by atoms with van der Waals surface area (Å²) in [6, 6.07) is 5.24. The number of amides is 1. The zero-order valence-electron chi connectivity index (χ0n) is 9.13. The highest BCUT2D eigenvalue weighted by molar-refractivity contribution is 9.09. The van der Waals surface area contributed by atoms with Gasteiger partial charge in [-0.2, -0.15) is 0 Å². The number of likely N-dealkylation sites (tertiary alicyclic amines) is 1. The van der Waals surface area contributed by atoms with Gasteiger partial charge in [0.1, 0.15) is 0 Å². The largest absolute Gasteiger partial charge is 0.335 e. The molecule has 1 amide bonds. The minimum Gasteiger partial charge on any atom is -0.335 e. The molecule has 0 bridgehead atoms. The quantitative estimate of drug-likeness (QED) is 0.748. The first-order chi connectivity index (χ1) is 8.11. The number of alkyl halides is 1. The summed E-state index contributed by atoms with van der Waals surface area (Å²) in [7, 11) is 0. The molecular weight excluding hydrogens is 325 g/mol. The van der Waals surface area contributed by atoms with Gasteiger partial charge in [0.25, 0.3) is 5.91 Å². The number of carbonyl (C=O) groups is 1. The predicted octanol–water partition coefficient (Wildman–Crippen LogP) is 3.99. The molecule has 1 saturated heterocycles. The number of halogens is 3. The minimum atomic E-state index is 0.0105. The zero-order chi connectivity index (χ0) is 12.4. The Morgan fingerprint density at radius 2 is 2.00 bits per heavy atom. The van der Waals surface area contributed by atoms with Gasteiger partial charge < -0.3 is 4.90 Å². The van der Waals surface area contributed by atoms with Gasteiger partial charge >= 0.3 is 0 Å². The standard InChI is InChI=1S/C12H12BrCl2NO/c13-7-11-2-1-3-16(11)12(17)8-4-9(14)6-10(15)5-8/h4-6,11H,1-3,7H2. The Morgan fingerprint density at radius 1 is 1.35 bits per heavy atom. The highest BCUT2D eigenvalue weighted by atomic mass is 79.9. The van der Waals surface area contributed by atoms with Crippen LogP contribution in [0.25, 0.3) is 0 Å². The molecular formula is C12H12BrCl2NO. The number of nitrogens with zero attached hydrogens (tertiary/aromatic N) is 1. The van der Waals surface area contributed by atoms with Crippen LogP contribution in [0, 0.1) is 0 Å². The van der Waals surface area contributed by atoms with Crippen molar-refractivity contribution in [1.29, 1.82) is 0 Å². The van der Waals surface area contributed by atoms with E-state index >= 15 is 0 Å². The maximum absolute atomic E-state index is 12.3. The summed E-state index contributed by atoms with van der Waals surface area (Å²) in [6.45, 7) is 0.805. The Hall–Kier alpha value is -0.250. The molecule has 0 aliphatic carbocycles. The Kier molecular flexibility index (Phi) is 4.34. The highest BCUT2D eigenvalue weighted by Gasteiger charge is 2.28. The molecule has 0 N–H and O–H groups in total. The van der Waals surface area contributed by atoms with Crippen LogP contribution < -0.4 is 0 Å². The Balaban J connectivity index is 2.24. The number of hydrogen-bond donors (Lipinski definition) is 0. The SMILES string of the molecule is O=C(c1cc(Cl)cc(Cl)c1)N1CCCC1CBr. The van der Waals surface area contributed by atoms with Crippen LogP contribution in [0.2, 0.25) is 10.0 Å². The smallest absolute Gasteiger partial charge is 0.254 e. The lowest BCUT2D eigenvalue weighted by atomic mass is 10.2. The molecule has 0 radical (unpaired) electrons. The zero-order valence-corrected chi connectivity index (χ0v) is 12.2. The summed E-state index contributed by atoms with van der Waals surface area (Å²) in [6.07, 6.45) is 2.10. The fraction of sp³-hybridized carbons (Fsp3) is 0.417. The van der Waals surface area contributed by atoms with Gasteiger partial charge in [-0.1, -0.05) is 39.1 Å². The van der Waals surface area contributed by atoms with Crippen molar-refractivity contribution in [2.75, 3.05) is 11.9 Å². The molecule has 0 spiro atoms. The molecule has 0 saturated carbocycles. The molecule has 1 atom stereocenters. The van der Waals surface area contributed by atoms with Crippen molar-refractivity contribution in [2.45, 2.75) is 18.9 Å². The van der Waals surface area contributed by atoms with E-state index in [1.165, 1.54) is 0 Å². The first kappa shape index (κ1) is 13.2. The molecule has 1 unspecified atom stereocenters. The van der Waals surface area contributed by atoms with Crippen molar-refractivity contribution < 1.29 is 4.79 Å². The third-order valence-electron chi connectivity index (χ3n) is 2.93. The van der Waals surface area contributed by atoms with Crippen molar-refractivity contribution in [3.8, 4) is 0 Å². The van der Waals surface area contributed by atoms with Crippen LogP contribution in [-0.2, 0) is 0 Å². The summed E-state index contributed by atoms with van der Waals surface area (Å²) in [5.74, 6) is 0.0105. The average Bonchev–Trinajstić information content (AvgIpc) is 2.74. The van der Waals surface area contributed by atoms with Crippen LogP contribution in [0.4, 0.5) is 0 Å². The predicted molar refractivity (Wildman–Crippen MR) is 74.3 cm³/mol. The normalized spacial score (nSPS) is 19.7. The monoisotopic (exact) mass is 335 g/mol. The van der Waals surface area contributed by atoms with Crippen LogP contribution in [0.3, 0.4) is 0 Å². The van der Waals surface area contributed by atoms with Crippen molar-refractivity contribution in [1.82, 2.24) is 4.90 Å². The minimum absolute atomic E-state index is 0.0105. The van der Waals surface area contributed by atoms with Crippen molar-refractivity contribution >= 4 is 45.0 Å². The topological polar surface area (TPSA) is 20.3 Å². The molecule has 1 aliphatic heterocycles. The van der Waals surface area contributed by atoms with Crippen molar-refractivity contribution in [2.24, 2.45) is 0 Å². The Bertz CT molecular complexity index is 418. The summed E-state index contributed by atoms with van der Waals surface area (Å²) >= 11 is 15.3. The van der Waals surface area contributed by atoms with Gasteiger partial charge in [0.05, 0.1) is 0 Å². The lowest BCUT2D eigenvalue weighted by molar-refractivity contribution is 0.0750. The number of rotatable bonds is 2. The second kappa shape index (κ2) is 5.59. The highest BCUT2D eigenvalue weighted by Crippen LogP contribution is 2.24. The van der Waals surface area contributed by atoms with Crippen LogP contribution in [0.15, 0.2) is 18.2 Å². The fourth-order valence-electron chi connectivity index (χ4n) is 2.11. The lowest BCUT2D eigenvalue weighted by Gasteiger charge is -2.23. The molecule has 92 valence electrons. The Labute approximate surface area is 119 Å².